The Kier molecular flexibility index (Phi) is 8.76. The average molecular weight is 353 g/mol. The number of hydrogen-bond donors (Lipinski definition) is 2. The van der Waals surface area contributed by atoms with Crippen LogP contribution in [0.4, 0.5) is 0 Å². The van der Waals surface area contributed by atoms with E-state index in [9.17, 15) is 0 Å². The van der Waals surface area contributed by atoms with E-state index >= 15 is 0 Å². The predicted molar refractivity (Wildman–Crippen MR) is 101 cm³/mol. The van der Waals surface area contributed by atoms with Crippen LogP contribution in [0.25, 0.3) is 0 Å². The van der Waals surface area contributed by atoms with Gasteiger partial charge in [0, 0.05) is 23.9 Å². The molecule has 0 atom stereocenters. The maximum atomic E-state index is 8.26. The summed E-state index contributed by atoms with van der Waals surface area (Å²) >= 11 is 5.68. The molecule has 134 valence electrons. The Bertz CT molecular complexity index is 574. The molecule has 1 aromatic rings. The first kappa shape index (κ1) is 20.4. The maximum absolute atomic E-state index is 8.26. The average Bonchev–Trinajstić information content (AvgIpc) is 2.52. The molecule has 0 aliphatic heterocycles. The van der Waals surface area contributed by atoms with Gasteiger partial charge in [-0.1, -0.05) is 37.8 Å². The van der Waals surface area contributed by atoms with Gasteiger partial charge in [0.15, 0.2) is 0 Å². The number of aryl methyl sites for hydroxylation is 1. The van der Waals surface area contributed by atoms with Crippen molar-refractivity contribution in [2.75, 3.05) is 13.7 Å². The van der Waals surface area contributed by atoms with Crippen molar-refractivity contribution in [1.82, 2.24) is 9.88 Å². The molecule has 0 aromatic carbocycles. The lowest BCUT2D eigenvalue weighted by molar-refractivity contribution is 0.377. The van der Waals surface area contributed by atoms with Crippen molar-refractivity contribution < 1.29 is 4.74 Å². The van der Waals surface area contributed by atoms with E-state index in [0.717, 1.165) is 42.0 Å². The number of aromatic nitrogens is 1. The number of nitrogens with one attached hydrogen (secondary N) is 2. The zero-order valence-corrected chi connectivity index (χ0v) is 16.0. The molecular weight excluding hydrogens is 324 g/mol. The minimum absolute atomic E-state index is 0.00951. The first-order valence-electron chi connectivity index (χ1n) is 8.45. The minimum atomic E-state index is -0.00951. The van der Waals surface area contributed by atoms with E-state index in [-0.39, 0.29) is 11.6 Å². The van der Waals surface area contributed by atoms with Crippen LogP contribution in [0.3, 0.4) is 0 Å². The van der Waals surface area contributed by atoms with Crippen LogP contribution >= 0.6 is 11.6 Å². The molecule has 1 aromatic heterocycles. The molecule has 6 heteroatoms. The fourth-order valence-corrected chi connectivity index (χ4v) is 2.84. The summed E-state index contributed by atoms with van der Waals surface area (Å²) in [6, 6.07) is 0. The van der Waals surface area contributed by atoms with Gasteiger partial charge in [-0.2, -0.15) is 0 Å². The van der Waals surface area contributed by atoms with Crippen LogP contribution < -0.4 is 4.74 Å². The molecule has 0 amide bonds. The SMILES string of the molecule is CCCCCCN(Cc1ncc(C)c(OC)c1C)C(=N)CC(=N)Cl. The van der Waals surface area contributed by atoms with Crippen LogP contribution in [0, 0.1) is 24.7 Å². The van der Waals surface area contributed by atoms with E-state index < -0.39 is 0 Å². The molecule has 24 heavy (non-hydrogen) atoms. The molecule has 5 nitrogen and oxygen atoms in total. The highest BCUT2D eigenvalue weighted by Gasteiger charge is 2.16. The fourth-order valence-electron chi connectivity index (χ4n) is 2.71. The van der Waals surface area contributed by atoms with Gasteiger partial charge in [-0.3, -0.25) is 15.8 Å². The predicted octanol–water partition coefficient (Wildman–Crippen LogP) is 4.67. The zero-order chi connectivity index (χ0) is 18.1. The van der Waals surface area contributed by atoms with Crippen molar-refractivity contribution in [2.24, 2.45) is 0 Å². The Hall–Kier alpha value is -1.62. The Balaban J connectivity index is 2.90. The molecule has 0 bridgehead atoms. The molecule has 0 saturated carbocycles. The van der Waals surface area contributed by atoms with E-state index in [1.54, 1.807) is 7.11 Å². The van der Waals surface area contributed by atoms with Crippen LogP contribution in [0.2, 0.25) is 0 Å². The van der Waals surface area contributed by atoms with Crippen LogP contribution in [0.5, 0.6) is 5.75 Å². The van der Waals surface area contributed by atoms with E-state index in [1.807, 2.05) is 24.9 Å². The number of methoxy groups -OCH3 is 1. The van der Waals surface area contributed by atoms with Crippen LogP contribution in [0.15, 0.2) is 6.20 Å². The molecule has 0 fully saturated rings. The Morgan fingerprint density at radius 2 is 1.96 bits per heavy atom. The summed E-state index contributed by atoms with van der Waals surface area (Å²) in [4.78, 5) is 6.50. The maximum Gasteiger partial charge on any atom is 0.128 e. The third-order valence-corrected chi connectivity index (χ3v) is 4.21. The lowest BCUT2D eigenvalue weighted by Gasteiger charge is -2.26. The number of unbranched alkanes of at least 4 members (excludes halogenated alkanes) is 3. The molecule has 0 aliphatic rings. The lowest BCUT2D eigenvalue weighted by atomic mass is 10.1. The summed E-state index contributed by atoms with van der Waals surface area (Å²) in [7, 11) is 1.67. The van der Waals surface area contributed by atoms with Crippen molar-refractivity contribution in [3.05, 3.63) is 23.0 Å². The number of halogens is 1. The van der Waals surface area contributed by atoms with Crippen molar-refractivity contribution in [3.63, 3.8) is 0 Å². The first-order valence-corrected chi connectivity index (χ1v) is 8.82. The summed E-state index contributed by atoms with van der Waals surface area (Å²) in [6.07, 6.45) is 6.51. The van der Waals surface area contributed by atoms with Gasteiger partial charge < -0.3 is 9.64 Å². The molecule has 2 N–H and O–H groups in total. The third kappa shape index (κ3) is 6.11. The highest BCUT2D eigenvalue weighted by Crippen LogP contribution is 2.25. The van der Waals surface area contributed by atoms with E-state index in [0.29, 0.717) is 12.4 Å². The summed E-state index contributed by atoms with van der Waals surface area (Å²) < 4.78 is 5.47. The van der Waals surface area contributed by atoms with Crippen molar-refractivity contribution in [3.8, 4) is 5.75 Å². The zero-order valence-electron chi connectivity index (χ0n) is 15.2. The number of pyridine rings is 1. The highest BCUT2D eigenvalue weighted by molar-refractivity contribution is 6.65. The summed E-state index contributed by atoms with van der Waals surface area (Å²) in [5.41, 5.74) is 2.91. The molecule has 0 unspecified atom stereocenters. The van der Waals surface area contributed by atoms with Crippen LogP contribution in [0.1, 0.15) is 55.8 Å². The molecule has 0 aliphatic carbocycles. The lowest BCUT2D eigenvalue weighted by Crippen LogP contribution is -2.32. The second kappa shape index (κ2) is 10.3. The van der Waals surface area contributed by atoms with Gasteiger partial charge in [-0.05, 0) is 20.3 Å². The van der Waals surface area contributed by atoms with Gasteiger partial charge in [0.05, 0.1) is 25.8 Å². The summed E-state index contributed by atoms with van der Waals surface area (Å²) in [5.74, 6) is 1.22. The van der Waals surface area contributed by atoms with E-state index in [4.69, 9.17) is 27.2 Å². The first-order chi connectivity index (χ1) is 11.4. The van der Waals surface area contributed by atoms with Crippen molar-refractivity contribution >= 4 is 22.6 Å². The Labute approximate surface area is 150 Å². The molecule has 0 radical (unpaired) electrons. The second-order valence-corrected chi connectivity index (χ2v) is 6.51. The van der Waals surface area contributed by atoms with E-state index in [2.05, 4.69) is 11.9 Å². The minimum Gasteiger partial charge on any atom is -0.496 e. The monoisotopic (exact) mass is 352 g/mol. The summed E-state index contributed by atoms with van der Waals surface area (Å²) in [5, 5.41) is 15.7. The molecule has 1 heterocycles. The molecule has 1 rings (SSSR count). The van der Waals surface area contributed by atoms with Crippen LogP contribution in [-0.2, 0) is 6.54 Å². The van der Waals surface area contributed by atoms with Crippen molar-refractivity contribution in [2.45, 2.75) is 59.4 Å². The normalized spacial score (nSPS) is 10.5. The Morgan fingerprint density at radius 1 is 1.25 bits per heavy atom. The quantitative estimate of drug-likeness (QED) is 0.365. The van der Waals surface area contributed by atoms with Gasteiger partial charge in [-0.25, -0.2) is 0 Å². The Morgan fingerprint density at radius 3 is 2.54 bits per heavy atom. The van der Waals surface area contributed by atoms with Gasteiger partial charge in [0.2, 0.25) is 0 Å². The molecule has 0 spiro atoms. The second-order valence-electron chi connectivity index (χ2n) is 6.06. The number of rotatable bonds is 10. The number of ether oxygens (including phenoxy) is 1. The molecular formula is C18H29ClN4O. The van der Waals surface area contributed by atoms with Gasteiger partial charge in [-0.15, -0.1) is 0 Å². The van der Waals surface area contributed by atoms with Gasteiger partial charge >= 0.3 is 0 Å². The number of nitrogens with zero attached hydrogens (tertiary/aromatic N) is 2. The summed E-state index contributed by atoms with van der Waals surface area (Å²) in [6.45, 7) is 7.47. The van der Waals surface area contributed by atoms with E-state index in [1.165, 1.54) is 12.8 Å². The largest absolute Gasteiger partial charge is 0.496 e. The van der Waals surface area contributed by atoms with Gasteiger partial charge in [0.25, 0.3) is 0 Å². The molecule has 0 saturated heterocycles. The third-order valence-electron chi connectivity index (χ3n) is 4.08. The van der Waals surface area contributed by atoms with Gasteiger partial charge in [0.1, 0.15) is 16.8 Å². The number of amidine groups is 1. The fraction of sp³-hybridized carbons (Fsp3) is 0.611. The van der Waals surface area contributed by atoms with Crippen LogP contribution in [-0.4, -0.2) is 34.5 Å². The topological polar surface area (TPSA) is 73.1 Å². The highest BCUT2D eigenvalue weighted by atomic mass is 35.5. The van der Waals surface area contributed by atoms with Crippen molar-refractivity contribution in [1.29, 1.82) is 10.8 Å². The number of hydrogen-bond acceptors (Lipinski definition) is 4. The smallest absolute Gasteiger partial charge is 0.128 e. The standard InChI is InChI=1S/C18H29ClN4O/c1-5-6-7-8-9-23(17(21)10-16(19)20)12-15-14(3)18(24-4)13(2)11-22-15/h11,20-21H,5-10,12H2,1-4H3.